The van der Waals surface area contributed by atoms with Crippen molar-refractivity contribution in [2.45, 2.75) is 31.2 Å². The summed E-state index contributed by atoms with van der Waals surface area (Å²) in [4.78, 5) is 27.4. The monoisotopic (exact) mass is 292 g/mol. The van der Waals surface area contributed by atoms with Crippen molar-refractivity contribution in [1.82, 2.24) is 10.2 Å². The number of nitrogens with one attached hydrogen (secondary N) is 1. The molecule has 1 saturated heterocycles. The van der Waals surface area contributed by atoms with E-state index in [2.05, 4.69) is 5.32 Å². The summed E-state index contributed by atoms with van der Waals surface area (Å²) in [6.45, 7) is 4.97. The number of rotatable bonds is 3. The predicted molar refractivity (Wildman–Crippen MR) is 81.1 cm³/mol. The largest absolute Gasteiger partial charge is 0.353 e. The number of piperazine rings is 1. The fraction of sp³-hybridized carbons (Fsp3) is 0.467. The Labute approximate surface area is 123 Å². The molecular weight excluding hydrogens is 272 g/mol. The molecule has 1 aromatic rings. The van der Waals surface area contributed by atoms with Crippen molar-refractivity contribution in [2.24, 2.45) is 0 Å². The zero-order chi connectivity index (χ0) is 14.7. The second-order valence-corrected chi connectivity index (χ2v) is 5.77. The molecule has 1 heterocycles. The quantitative estimate of drug-likeness (QED) is 0.868. The van der Waals surface area contributed by atoms with E-state index in [4.69, 9.17) is 0 Å². The van der Waals surface area contributed by atoms with Gasteiger partial charge in [0, 0.05) is 23.5 Å². The number of nitrogens with zero attached hydrogens (tertiary/aromatic N) is 1. The molecule has 1 fully saturated rings. The van der Waals surface area contributed by atoms with Crippen molar-refractivity contribution in [1.29, 1.82) is 0 Å². The van der Waals surface area contributed by atoms with Crippen LogP contribution in [0.25, 0.3) is 0 Å². The normalized spacial score (nSPS) is 18.9. The smallest absolute Gasteiger partial charge is 0.254 e. The fourth-order valence-electron chi connectivity index (χ4n) is 2.48. The second-order valence-electron chi connectivity index (χ2n) is 4.89. The average molecular weight is 292 g/mol. The molecule has 1 aliphatic heterocycles. The molecule has 5 heteroatoms. The molecule has 0 unspecified atom stereocenters. The molecule has 1 aromatic carbocycles. The molecule has 2 rings (SSSR count). The molecule has 20 heavy (non-hydrogen) atoms. The topological polar surface area (TPSA) is 49.4 Å². The first-order valence-corrected chi connectivity index (χ1v) is 8.04. The third-order valence-electron chi connectivity index (χ3n) is 3.65. The van der Waals surface area contributed by atoms with Crippen LogP contribution in [0.4, 0.5) is 0 Å². The van der Waals surface area contributed by atoms with Gasteiger partial charge in [0.05, 0.1) is 0 Å². The zero-order valence-corrected chi connectivity index (χ0v) is 12.9. The molecule has 0 radical (unpaired) electrons. The molecule has 0 spiro atoms. The van der Waals surface area contributed by atoms with Crippen molar-refractivity contribution in [3.63, 3.8) is 0 Å². The Morgan fingerprint density at radius 1 is 1.50 bits per heavy atom. The lowest BCUT2D eigenvalue weighted by Crippen LogP contribution is -2.57. The van der Waals surface area contributed by atoms with Gasteiger partial charge in [-0.1, -0.05) is 13.0 Å². The number of amides is 2. The number of carbonyl (C=O) groups excluding carboxylic acids is 2. The molecule has 4 nitrogen and oxygen atoms in total. The lowest BCUT2D eigenvalue weighted by atomic mass is 10.0. The molecular formula is C15H20N2O2S. The van der Waals surface area contributed by atoms with Crippen LogP contribution in [0.15, 0.2) is 23.1 Å². The van der Waals surface area contributed by atoms with Crippen molar-refractivity contribution in [3.8, 4) is 0 Å². The Morgan fingerprint density at radius 3 is 2.90 bits per heavy atom. The van der Waals surface area contributed by atoms with Gasteiger partial charge < -0.3 is 10.2 Å². The molecule has 2 amide bonds. The number of hydrogen-bond acceptors (Lipinski definition) is 3. The standard InChI is InChI=1S/C15H20N2O2S/c1-4-13-14(18)16-7-8-17(13)15(19)12-9-11(20-3)6-5-10(12)2/h5-6,9,13H,4,7-8H2,1-3H3,(H,16,18)/t13-/m1/s1. The van der Waals surface area contributed by atoms with Crippen LogP contribution in [0.5, 0.6) is 0 Å². The Hall–Kier alpha value is -1.49. The first-order chi connectivity index (χ1) is 9.58. The van der Waals surface area contributed by atoms with Crippen LogP contribution >= 0.6 is 11.8 Å². The van der Waals surface area contributed by atoms with Gasteiger partial charge in [0.15, 0.2) is 0 Å². The maximum absolute atomic E-state index is 12.7. The average Bonchev–Trinajstić information content (AvgIpc) is 2.46. The third kappa shape index (κ3) is 2.82. The van der Waals surface area contributed by atoms with Crippen LogP contribution in [0.1, 0.15) is 29.3 Å². The number of thioether (sulfide) groups is 1. The van der Waals surface area contributed by atoms with E-state index in [1.54, 1.807) is 16.7 Å². The van der Waals surface area contributed by atoms with Crippen LogP contribution in [0.2, 0.25) is 0 Å². The van der Waals surface area contributed by atoms with Gasteiger partial charge in [-0.25, -0.2) is 0 Å². The predicted octanol–water partition coefficient (Wildman–Crippen LogP) is 2.07. The zero-order valence-electron chi connectivity index (χ0n) is 12.1. The van der Waals surface area contributed by atoms with Crippen molar-refractivity contribution in [2.75, 3.05) is 19.3 Å². The molecule has 0 aliphatic carbocycles. The van der Waals surface area contributed by atoms with Gasteiger partial charge in [-0.05, 0) is 37.3 Å². The highest BCUT2D eigenvalue weighted by Gasteiger charge is 2.32. The minimum atomic E-state index is -0.353. The van der Waals surface area contributed by atoms with E-state index in [0.717, 1.165) is 10.5 Å². The summed E-state index contributed by atoms with van der Waals surface area (Å²) >= 11 is 1.61. The lowest BCUT2D eigenvalue weighted by molar-refractivity contribution is -0.127. The Bertz CT molecular complexity index is 531. The van der Waals surface area contributed by atoms with E-state index >= 15 is 0 Å². The maximum atomic E-state index is 12.7. The first-order valence-electron chi connectivity index (χ1n) is 6.81. The summed E-state index contributed by atoms with van der Waals surface area (Å²) in [5, 5.41) is 2.82. The van der Waals surface area contributed by atoms with Crippen LogP contribution in [-0.2, 0) is 4.79 Å². The maximum Gasteiger partial charge on any atom is 0.254 e. The number of carbonyl (C=O) groups is 2. The summed E-state index contributed by atoms with van der Waals surface area (Å²) in [6, 6.07) is 5.54. The van der Waals surface area contributed by atoms with Crippen LogP contribution in [-0.4, -0.2) is 42.1 Å². The highest BCUT2D eigenvalue weighted by Crippen LogP contribution is 2.22. The van der Waals surface area contributed by atoms with Crippen molar-refractivity contribution < 1.29 is 9.59 Å². The molecule has 0 aromatic heterocycles. The van der Waals surface area contributed by atoms with E-state index in [9.17, 15) is 9.59 Å². The van der Waals surface area contributed by atoms with Crippen molar-refractivity contribution >= 4 is 23.6 Å². The lowest BCUT2D eigenvalue weighted by Gasteiger charge is -2.34. The minimum Gasteiger partial charge on any atom is -0.353 e. The number of aryl methyl sites for hydroxylation is 1. The van der Waals surface area contributed by atoms with Crippen molar-refractivity contribution in [3.05, 3.63) is 29.3 Å². The van der Waals surface area contributed by atoms with Gasteiger partial charge >= 0.3 is 0 Å². The first kappa shape index (κ1) is 14.9. The van der Waals surface area contributed by atoms with Crippen LogP contribution in [0.3, 0.4) is 0 Å². The molecule has 0 bridgehead atoms. The van der Waals surface area contributed by atoms with Gasteiger partial charge in [-0.2, -0.15) is 0 Å². The number of hydrogen-bond donors (Lipinski definition) is 1. The summed E-state index contributed by atoms with van der Waals surface area (Å²) in [5.74, 6) is -0.0918. The van der Waals surface area contributed by atoms with E-state index in [-0.39, 0.29) is 17.9 Å². The SMILES string of the molecule is CC[C@@H]1C(=O)NCCN1C(=O)c1cc(SC)ccc1C. The molecule has 1 atom stereocenters. The Balaban J connectivity index is 2.32. The molecule has 108 valence electrons. The summed E-state index contributed by atoms with van der Waals surface area (Å²) in [5.41, 5.74) is 1.65. The fourth-order valence-corrected chi connectivity index (χ4v) is 2.92. The molecule has 0 saturated carbocycles. The van der Waals surface area contributed by atoms with E-state index in [1.165, 1.54) is 0 Å². The Kier molecular flexibility index (Phi) is 4.70. The number of benzene rings is 1. The summed E-state index contributed by atoms with van der Waals surface area (Å²) in [6.07, 6.45) is 2.63. The second kappa shape index (κ2) is 6.31. The third-order valence-corrected chi connectivity index (χ3v) is 4.38. The highest BCUT2D eigenvalue weighted by molar-refractivity contribution is 7.98. The van der Waals surface area contributed by atoms with E-state index in [1.807, 2.05) is 38.3 Å². The van der Waals surface area contributed by atoms with E-state index in [0.29, 0.717) is 25.1 Å². The molecule has 1 N–H and O–H groups in total. The van der Waals surface area contributed by atoms with Gasteiger partial charge in [0.1, 0.15) is 6.04 Å². The summed E-state index contributed by atoms with van der Waals surface area (Å²) in [7, 11) is 0. The van der Waals surface area contributed by atoms with Gasteiger partial charge in [0.2, 0.25) is 5.91 Å². The van der Waals surface area contributed by atoms with E-state index < -0.39 is 0 Å². The summed E-state index contributed by atoms with van der Waals surface area (Å²) < 4.78 is 0. The minimum absolute atomic E-state index is 0.0416. The van der Waals surface area contributed by atoms with Crippen LogP contribution in [0, 0.1) is 6.92 Å². The van der Waals surface area contributed by atoms with Gasteiger partial charge in [-0.15, -0.1) is 11.8 Å². The Morgan fingerprint density at radius 2 is 2.25 bits per heavy atom. The van der Waals surface area contributed by atoms with Gasteiger partial charge in [-0.3, -0.25) is 9.59 Å². The highest BCUT2D eigenvalue weighted by atomic mass is 32.2. The molecule has 1 aliphatic rings. The van der Waals surface area contributed by atoms with Crippen LogP contribution < -0.4 is 5.32 Å². The van der Waals surface area contributed by atoms with Gasteiger partial charge in [0.25, 0.3) is 5.91 Å².